The number of benzene rings is 1. The third-order valence-electron chi connectivity index (χ3n) is 3.25. The molecule has 1 atom stereocenters. The molecular weight excluding hydrogens is 246 g/mol. The van der Waals surface area contributed by atoms with E-state index < -0.39 is 0 Å². The van der Waals surface area contributed by atoms with E-state index in [1.54, 1.807) is 12.4 Å². The van der Waals surface area contributed by atoms with Gasteiger partial charge in [0.25, 0.3) is 0 Å². The minimum absolute atomic E-state index is 0.481. The second-order valence-corrected chi connectivity index (χ2v) is 4.93. The van der Waals surface area contributed by atoms with Gasteiger partial charge in [0.2, 0.25) is 0 Å². The van der Waals surface area contributed by atoms with Gasteiger partial charge in [-0.25, -0.2) is 0 Å². The van der Waals surface area contributed by atoms with Crippen molar-refractivity contribution in [3.05, 3.63) is 53.9 Å². The van der Waals surface area contributed by atoms with Gasteiger partial charge in [-0.3, -0.25) is 4.98 Å². The summed E-state index contributed by atoms with van der Waals surface area (Å²) < 4.78 is 0. The lowest BCUT2D eigenvalue weighted by atomic mass is 10.0. The molecule has 102 valence electrons. The minimum atomic E-state index is 0.481. The number of hydrogen-bond donors (Lipinski definition) is 1. The van der Waals surface area contributed by atoms with Crippen LogP contribution >= 0.6 is 0 Å². The zero-order valence-corrected chi connectivity index (χ0v) is 11.9. The highest BCUT2D eigenvalue weighted by atomic mass is 14.9. The average molecular weight is 265 g/mol. The fourth-order valence-corrected chi connectivity index (χ4v) is 2.27. The number of aromatic nitrogens is 1. The predicted molar refractivity (Wildman–Crippen MR) is 81.2 cm³/mol. The average Bonchev–Trinajstić information content (AvgIpc) is 2.48. The van der Waals surface area contributed by atoms with Crippen LogP contribution in [0, 0.1) is 11.3 Å². The summed E-state index contributed by atoms with van der Waals surface area (Å²) in [6.07, 6.45) is 4.39. The molecule has 0 fully saturated rings. The van der Waals surface area contributed by atoms with Crippen molar-refractivity contribution in [2.75, 3.05) is 6.54 Å². The lowest BCUT2D eigenvalue weighted by Gasteiger charge is -2.12. The molecule has 3 heteroatoms. The highest BCUT2D eigenvalue weighted by Crippen LogP contribution is 2.20. The molecule has 2 rings (SSSR count). The first-order valence-electron chi connectivity index (χ1n) is 6.90. The third-order valence-corrected chi connectivity index (χ3v) is 3.25. The van der Waals surface area contributed by atoms with Crippen LogP contribution in [0.2, 0.25) is 0 Å². The van der Waals surface area contributed by atoms with Gasteiger partial charge in [-0.05, 0) is 37.1 Å². The molecule has 0 saturated heterocycles. The monoisotopic (exact) mass is 265 g/mol. The number of nitrogens with zero attached hydrogens (tertiary/aromatic N) is 2. The summed E-state index contributed by atoms with van der Waals surface area (Å²) in [5.74, 6) is 0. The normalized spacial score (nSPS) is 11.8. The molecule has 0 spiro atoms. The van der Waals surface area contributed by atoms with Crippen molar-refractivity contribution in [1.29, 1.82) is 5.26 Å². The molecule has 1 aromatic carbocycles. The van der Waals surface area contributed by atoms with Crippen molar-refractivity contribution in [1.82, 2.24) is 10.3 Å². The summed E-state index contributed by atoms with van der Waals surface area (Å²) >= 11 is 0. The van der Waals surface area contributed by atoms with Crippen LogP contribution in [0.15, 0.2) is 42.7 Å². The predicted octanol–water partition coefficient (Wildman–Crippen LogP) is 3.16. The molecule has 0 aliphatic carbocycles. The zero-order chi connectivity index (χ0) is 14.4. The van der Waals surface area contributed by atoms with Crippen molar-refractivity contribution in [2.45, 2.75) is 26.3 Å². The summed E-state index contributed by atoms with van der Waals surface area (Å²) in [5, 5.41) is 12.3. The van der Waals surface area contributed by atoms with Crippen LogP contribution in [0.1, 0.15) is 25.0 Å². The van der Waals surface area contributed by atoms with Crippen molar-refractivity contribution in [3.8, 4) is 17.2 Å². The smallest absolute Gasteiger partial charge is 0.101 e. The van der Waals surface area contributed by atoms with Crippen LogP contribution in [0.3, 0.4) is 0 Å². The first-order valence-corrected chi connectivity index (χ1v) is 6.90. The van der Waals surface area contributed by atoms with Gasteiger partial charge < -0.3 is 5.32 Å². The van der Waals surface area contributed by atoms with Crippen molar-refractivity contribution < 1.29 is 0 Å². The Morgan fingerprint density at radius 1 is 1.20 bits per heavy atom. The first kappa shape index (κ1) is 14.2. The Morgan fingerprint density at radius 2 is 1.95 bits per heavy atom. The van der Waals surface area contributed by atoms with Gasteiger partial charge >= 0.3 is 0 Å². The van der Waals surface area contributed by atoms with E-state index in [1.165, 1.54) is 5.56 Å². The first-order chi connectivity index (χ1) is 9.72. The van der Waals surface area contributed by atoms with Gasteiger partial charge in [0.15, 0.2) is 0 Å². The largest absolute Gasteiger partial charge is 0.314 e. The molecular formula is C17H19N3. The SMILES string of the molecule is CCNC(C)Cc1ccc(-c2cncc(C#N)c2)cc1. The summed E-state index contributed by atoms with van der Waals surface area (Å²) in [5.41, 5.74) is 3.98. The molecule has 0 amide bonds. The number of rotatable bonds is 5. The van der Waals surface area contributed by atoms with Crippen LogP contribution < -0.4 is 5.32 Å². The Labute approximate surface area is 120 Å². The van der Waals surface area contributed by atoms with E-state index in [2.05, 4.69) is 54.5 Å². The third kappa shape index (κ3) is 3.66. The van der Waals surface area contributed by atoms with Crippen molar-refractivity contribution in [2.24, 2.45) is 0 Å². The maximum atomic E-state index is 8.91. The molecule has 2 aromatic rings. The Morgan fingerprint density at radius 3 is 2.60 bits per heavy atom. The Balaban J connectivity index is 2.13. The molecule has 0 aliphatic rings. The molecule has 0 aliphatic heterocycles. The van der Waals surface area contributed by atoms with Crippen LogP contribution in [0.5, 0.6) is 0 Å². The molecule has 0 radical (unpaired) electrons. The fraction of sp³-hybridized carbons (Fsp3) is 0.294. The van der Waals surface area contributed by atoms with Crippen LogP contribution in [0.4, 0.5) is 0 Å². The van der Waals surface area contributed by atoms with Gasteiger partial charge in [-0.1, -0.05) is 31.2 Å². The number of pyridine rings is 1. The molecule has 0 saturated carbocycles. The second-order valence-electron chi connectivity index (χ2n) is 4.93. The van der Waals surface area contributed by atoms with Gasteiger partial charge in [0.05, 0.1) is 5.56 Å². The van der Waals surface area contributed by atoms with E-state index >= 15 is 0 Å². The van der Waals surface area contributed by atoms with Crippen LogP contribution in [0.25, 0.3) is 11.1 Å². The summed E-state index contributed by atoms with van der Waals surface area (Å²) in [6, 6.07) is 12.9. The fourth-order valence-electron chi connectivity index (χ4n) is 2.27. The highest BCUT2D eigenvalue weighted by Gasteiger charge is 2.03. The standard InChI is InChI=1S/C17H19N3/c1-3-20-13(2)8-14-4-6-16(7-5-14)17-9-15(10-18)11-19-12-17/h4-7,9,11-13,20H,3,8H2,1-2H3. The molecule has 20 heavy (non-hydrogen) atoms. The number of hydrogen-bond acceptors (Lipinski definition) is 3. The van der Waals surface area contributed by atoms with E-state index in [4.69, 9.17) is 5.26 Å². The quantitative estimate of drug-likeness (QED) is 0.903. The second kappa shape index (κ2) is 6.83. The van der Waals surface area contributed by atoms with Crippen molar-refractivity contribution >= 4 is 0 Å². The van der Waals surface area contributed by atoms with Crippen LogP contribution in [-0.2, 0) is 6.42 Å². The number of nitrogens with one attached hydrogen (secondary N) is 1. The zero-order valence-electron chi connectivity index (χ0n) is 11.9. The van der Waals surface area contributed by atoms with E-state index in [0.29, 0.717) is 11.6 Å². The Bertz CT molecular complexity index is 596. The van der Waals surface area contributed by atoms with Gasteiger partial charge in [0.1, 0.15) is 6.07 Å². The molecule has 1 heterocycles. The maximum Gasteiger partial charge on any atom is 0.101 e. The van der Waals surface area contributed by atoms with Gasteiger partial charge in [0, 0.05) is 24.0 Å². The molecule has 3 nitrogen and oxygen atoms in total. The van der Waals surface area contributed by atoms with E-state index in [1.807, 2.05) is 6.07 Å². The summed E-state index contributed by atoms with van der Waals surface area (Å²) in [7, 11) is 0. The lowest BCUT2D eigenvalue weighted by Crippen LogP contribution is -2.27. The van der Waals surface area contributed by atoms with Crippen LogP contribution in [-0.4, -0.2) is 17.6 Å². The van der Waals surface area contributed by atoms with Gasteiger partial charge in [-0.2, -0.15) is 5.26 Å². The molecule has 0 bridgehead atoms. The molecule has 1 N–H and O–H groups in total. The topological polar surface area (TPSA) is 48.7 Å². The summed E-state index contributed by atoms with van der Waals surface area (Å²) in [4.78, 5) is 4.09. The summed E-state index contributed by atoms with van der Waals surface area (Å²) in [6.45, 7) is 5.30. The van der Waals surface area contributed by atoms with E-state index in [9.17, 15) is 0 Å². The van der Waals surface area contributed by atoms with E-state index in [-0.39, 0.29) is 0 Å². The maximum absolute atomic E-state index is 8.91. The highest BCUT2D eigenvalue weighted by molar-refractivity contribution is 5.64. The Kier molecular flexibility index (Phi) is 4.86. The van der Waals surface area contributed by atoms with E-state index in [0.717, 1.165) is 24.1 Å². The molecule has 1 unspecified atom stereocenters. The number of nitriles is 1. The lowest BCUT2D eigenvalue weighted by molar-refractivity contribution is 0.565. The van der Waals surface area contributed by atoms with Crippen molar-refractivity contribution in [3.63, 3.8) is 0 Å². The minimum Gasteiger partial charge on any atom is -0.314 e. The van der Waals surface area contributed by atoms with Gasteiger partial charge in [-0.15, -0.1) is 0 Å². The molecule has 1 aromatic heterocycles. The Hall–Kier alpha value is -2.18. The number of likely N-dealkylation sites (N-methyl/N-ethyl adjacent to an activating group) is 1.